The van der Waals surface area contributed by atoms with Gasteiger partial charge >= 0.3 is 0 Å². The number of nitrogen functional groups attached to an aromatic ring is 2. The van der Waals surface area contributed by atoms with Gasteiger partial charge in [0.15, 0.2) is 0 Å². The van der Waals surface area contributed by atoms with Gasteiger partial charge in [0.2, 0.25) is 0 Å². The summed E-state index contributed by atoms with van der Waals surface area (Å²) in [6.07, 6.45) is 0. The Labute approximate surface area is 139 Å². The molecule has 4 N–H and O–H groups in total. The van der Waals surface area contributed by atoms with Crippen molar-refractivity contribution in [1.82, 2.24) is 9.78 Å². The number of nitrogens with two attached hydrogens (primary N) is 2. The fourth-order valence-corrected chi connectivity index (χ4v) is 2.74. The van der Waals surface area contributed by atoms with E-state index < -0.39 is 0 Å². The lowest BCUT2D eigenvalue weighted by molar-refractivity contribution is 0.416. The van der Waals surface area contributed by atoms with Crippen molar-refractivity contribution in [2.24, 2.45) is 0 Å². The number of benzene rings is 2. The Morgan fingerprint density at radius 3 is 2.48 bits per heavy atom. The van der Waals surface area contributed by atoms with Crippen LogP contribution in [0.3, 0.4) is 0 Å². The van der Waals surface area contributed by atoms with Crippen LogP contribution < -0.4 is 16.2 Å². The standard InChI is InChI=1S/C17H17ClN4O/c1-10-16(12-8-13(18)14(19)9-15(12)23-2)17(20)22(21-10)11-6-4-3-5-7-11/h3-9H,19-20H2,1-2H3. The summed E-state index contributed by atoms with van der Waals surface area (Å²) in [7, 11) is 1.58. The molecule has 0 saturated heterocycles. The number of para-hydroxylation sites is 1. The molecular weight excluding hydrogens is 312 g/mol. The lowest BCUT2D eigenvalue weighted by Crippen LogP contribution is -2.02. The third-order valence-electron chi connectivity index (χ3n) is 3.69. The van der Waals surface area contributed by atoms with E-state index in [1.54, 1.807) is 23.9 Å². The van der Waals surface area contributed by atoms with Gasteiger partial charge in [-0.3, -0.25) is 0 Å². The smallest absolute Gasteiger partial charge is 0.135 e. The van der Waals surface area contributed by atoms with Gasteiger partial charge in [-0.25, -0.2) is 4.68 Å². The largest absolute Gasteiger partial charge is 0.496 e. The van der Waals surface area contributed by atoms with E-state index in [-0.39, 0.29) is 0 Å². The normalized spacial score (nSPS) is 10.7. The van der Waals surface area contributed by atoms with Gasteiger partial charge in [0, 0.05) is 11.6 Å². The van der Waals surface area contributed by atoms with E-state index >= 15 is 0 Å². The molecule has 23 heavy (non-hydrogen) atoms. The zero-order valence-electron chi connectivity index (χ0n) is 12.9. The second-order valence-electron chi connectivity index (χ2n) is 5.17. The molecular formula is C17H17ClN4O. The number of nitrogens with zero attached hydrogens (tertiary/aromatic N) is 2. The molecule has 1 aromatic heterocycles. The first-order valence-electron chi connectivity index (χ1n) is 7.06. The summed E-state index contributed by atoms with van der Waals surface area (Å²) in [6, 6.07) is 13.2. The van der Waals surface area contributed by atoms with Crippen LogP contribution in [0.1, 0.15) is 5.69 Å². The SMILES string of the molecule is COc1cc(N)c(Cl)cc1-c1c(C)nn(-c2ccccc2)c1N. The zero-order valence-corrected chi connectivity index (χ0v) is 13.6. The first-order valence-corrected chi connectivity index (χ1v) is 7.44. The van der Waals surface area contributed by atoms with Crippen LogP contribution in [0.15, 0.2) is 42.5 Å². The molecule has 0 bridgehead atoms. The van der Waals surface area contributed by atoms with E-state index in [2.05, 4.69) is 5.10 Å². The molecule has 1 heterocycles. The number of hydrogen-bond acceptors (Lipinski definition) is 4. The Hall–Kier alpha value is -2.66. The van der Waals surface area contributed by atoms with Gasteiger partial charge in [-0.2, -0.15) is 5.10 Å². The van der Waals surface area contributed by atoms with Gasteiger partial charge in [-0.05, 0) is 25.1 Å². The van der Waals surface area contributed by atoms with Crippen molar-refractivity contribution < 1.29 is 4.74 Å². The van der Waals surface area contributed by atoms with Crippen LogP contribution >= 0.6 is 11.6 Å². The van der Waals surface area contributed by atoms with Gasteiger partial charge in [0.25, 0.3) is 0 Å². The molecule has 3 aromatic rings. The van der Waals surface area contributed by atoms with Crippen molar-refractivity contribution in [3.05, 3.63) is 53.2 Å². The van der Waals surface area contributed by atoms with Crippen molar-refractivity contribution in [1.29, 1.82) is 0 Å². The lowest BCUT2D eigenvalue weighted by Gasteiger charge is -2.11. The van der Waals surface area contributed by atoms with Gasteiger partial charge in [0.1, 0.15) is 11.6 Å². The third-order valence-corrected chi connectivity index (χ3v) is 4.01. The first-order chi connectivity index (χ1) is 11.0. The van der Waals surface area contributed by atoms with E-state index in [4.69, 9.17) is 27.8 Å². The van der Waals surface area contributed by atoms with Gasteiger partial charge in [0.05, 0.1) is 34.8 Å². The molecule has 0 radical (unpaired) electrons. The molecule has 0 spiro atoms. The second-order valence-corrected chi connectivity index (χ2v) is 5.57. The highest BCUT2D eigenvalue weighted by Gasteiger charge is 2.20. The minimum absolute atomic E-state index is 0.451. The van der Waals surface area contributed by atoms with Crippen LogP contribution in [0.25, 0.3) is 16.8 Å². The second kappa shape index (κ2) is 5.85. The number of hydrogen-bond donors (Lipinski definition) is 2. The van der Waals surface area contributed by atoms with Gasteiger partial charge in [-0.15, -0.1) is 0 Å². The summed E-state index contributed by atoms with van der Waals surface area (Å²) >= 11 is 6.17. The molecule has 2 aromatic carbocycles. The first kappa shape index (κ1) is 15.2. The monoisotopic (exact) mass is 328 g/mol. The molecule has 5 nitrogen and oxygen atoms in total. The van der Waals surface area contributed by atoms with Crippen LogP contribution in [-0.2, 0) is 0 Å². The highest BCUT2D eigenvalue weighted by Crippen LogP contribution is 2.40. The maximum absolute atomic E-state index is 6.35. The Bertz CT molecular complexity index is 859. The lowest BCUT2D eigenvalue weighted by atomic mass is 10.0. The number of rotatable bonds is 3. The fourth-order valence-electron chi connectivity index (χ4n) is 2.58. The Morgan fingerprint density at radius 2 is 1.83 bits per heavy atom. The summed E-state index contributed by atoms with van der Waals surface area (Å²) in [5, 5.41) is 5.00. The van der Waals surface area contributed by atoms with E-state index in [0.29, 0.717) is 22.3 Å². The number of anilines is 2. The Balaban J connectivity index is 2.23. The van der Waals surface area contributed by atoms with Crippen molar-refractivity contribution in [3.8, 4) is 22.6 Å². The Kier molecular flexibility index (Phi) is 3.88. The number of aromatic nitrogens is 2. The summed E-state index contributed by atoms with van der Waals surface area (Å²) in [5.41, 5.74) is 15.9. The van der Waals surface area contributed by atoms with E-state index in [9.17, 15) is 0 Å². The minimum atomic E-state index is 0.451. The number of methoxy groups -OCH3 is 1. The minimum Gasteiger partial charge on any atom is -0.496 e. The number of halogens is 1. The molecule has 0 fully saturated rings. The molecule has 118 valence electrons. The predicted octanol–water partition coefficient (Wildman–Crippen LogP) is 3.67. The quantitative estimate of drug-likeness (QED) is 0.719. The summed E-state index contributed by atoms with van der Waals surface area (Å²) in [6.45, 7) is 1.90. The average molecular weight is 329 g/mol. The van der Waals surface area contributed by atoms with Crippen molar-refractivity contribution in [2.75, 3.05) is 18.6 Å². The van der Waals surface area contributed by atoms with Crippen LogP contribution in [0, 0.1) is 6.92 Å². The highest BCUT2D eigenvalue weighted by atomic mass is 35.5. The summed E-state index contributed by atoms with van der Waals surface area (Å²) in [5.74, 6) is 1.13. The van der Waals surface area contributed by atoms with Crippen molar-refractivity contribution in [3.63, 3.8) is 0 Å². The molecule has 0 aliphatic carbocycles. The topological polar surface area (TPSA) is 79.1 Å². The molecule has 0 atom stereocenters. The fraction of sp³-hybridized carbons (Fsp3) is 0.118. The van der Waals surface area contributed by atoms with Crippen LogP contribution in [0.2, 0.25) is 5.02 Å². The zero-order chi connectivity index (χ0) is 16.6. The summed E-state index contributed by atoms with van der Waals surface area (Å²) in [4.78, 5) is 0. The predicted molar refractivity (Wildman–Crippen MR) is 94.1 cm³/mol. The average Bonchev–Trinajstić information content (AvgIpc) is 2.85. The van der Waals surface area contributed by atoms with Crippen molar-refractivity contribution >= 4 is 23.1 Å². The van der Waals surface area contributed by atoms with Gasteiger partial charge < -0.3 is 16.2 Å². The number of aryl methyl sites for hydroxylation is 1. The van der Waals surface area contributed by atoms with Crippen LogP contribution in [0.5, 0.6) is 5.75 Å². The molecule has 0 amide bonds. The molecule has 6 heteroatoms. The summed E-state index contributed by atoms with van der Waals surface area (Å²) < 4.78 is 7.13. The molecule has 0 unspecified atom stereocenters. The van der Waals surface area contributed by atoms with Crippen molar-refractivity contribution in [2.45, 2.75) is 6.92 Å². The van der Waals surface area contributed by atoms with Crippen LogP contribution in [-0.4, -0.2) is 16.9 Å². The van der Waals surface area contributed by atoms with Gasteiger partial charge in [-0.1, -0.05) is 29.8 Å². The number of ether oxygens (including phenoxy) is 1. The van der Waals surface area contributed by atoms with E-state index in [1.807, 2.05) is 37.3 Å². The Morgan fingerprint density at radius 1 is 1.13 bits per heavy atom. The van der Waals surface area contributed by atoms with Crippen LogP contribution in [0.4, 0.5) is 11.5 Å². The molecule has 0 aliphatic rings. The molecule has 0 aliphatic heterocycles. The molecule has 0 saturated carbocycles. The highest BCUT2D eigenvalue weighted by molar-refractivity contribution is 6.33. The molecule has 3 rings (SSSR count). The van der Waals surface area contributed by atoms with E-state index in [0.717, 1.165) is 22.5 Å². The maximum Gasteiger partial charge on any atom is 0.135 e. The third kappa shape index (κ3) is 2.59. The van der Waals surface area contributed by atoms with E-state index in [1.165, 1.54) is 0 Å². The maximum atomic E-state index is 6.35.